The minimum atomic E-state index is -0.496. The number of aromatic nitrogens is 1. The van der Waals surface area contributed by atoms with Crippen molar-refractivity contribution < 1.29 is 9.90 Å². The third-order valence-corrected chi connectivity index (χ3v) is 7.95. The van der Waals surface area contributed by atoms with Crippen LogP contribution in [-0.2, 0) is 11.8 Å². The Hall–Kier alpha value is -2.20. The number of nitrogens with one attached hydrogen (secondary N) is 1. The van der Waals surface area contributed by atoms with Gasteiger partial charge in [-0.15, -0.1) is 0 Å². The van der Waals surface area contributed by atoms with Gasteiger partial charge in [0.25, 0.3) is 5.91 Å². The number of benzene rings is 1. The molecule has 2 aromatic rings. The third-order valence-electron chi connectivity index (χ3n) is 7.95. The van der Waals surface area contributed by atoms with Gasteiger partial charge >= 0.3 is 0 Å². The summed E-state index contributed by atoms with van der Waals surface area (Å²) >= 11 is 0. The standard InChI is InChI=1S/C27H36N2O2/c1-4-13-26(31)14-15-27(5-2)22(18-26)9-6-8-20-17-21(11-12-23(20)27)25(30)29-24-10-7-16-28-19(24)3/h7,10-12,16-17,22,31H,4-6,8-9,13-15,18H2,1-3H3,(H,29,30)/t22-,26+,27+/m0/s1. The van der Waals surface area contributed by atoms with E-state index < -0.39 is 5.60 Å². The number of hydrogen-bond donors (Lipinski definition) is 2. The Balaban J connectivity index is 1.63. The van der Waals surface area contributed by atoms with Crippen LogP contribution in [0.3, 0.4) is 0 Å². The molecule has 0 unspecified atom stereocenters. The number of anilines is 1. The van der Waals surface area contributed by atoms with Crippen molar-refractivity contribution in [3.63, 3.8) is 0 Å². The highest BCUT2D eigenvalue weighted by Gasteiger charge is 2.49. The molecule has 4 heteroatoms. The predicted octanol–water partition coefficient (Wildman–Crippen LogP) is 5.96. The highest BCUT2D eigenvalue weighted by atomic mass is 16.3. The summed E-state index contributed by atoms with van der Waals surface area (Å²) in [6.45, 7) is 6.38. The van der Waals surface area contributed by atoms with Crippen LogP contribution in [0.25, 0.3) is 0 Å². The maximum absolute atomic E-state index is 13.0. The van der Waals surface area contributed by atoms with Crippen molar-refractivity contribution in [2.45, 2.75) is 89.6 Å². The minimum Gasteiger partial charge on any atom is -0.390 e. The van der Waals surface area contributed by atoms with Gasteiger partial charge in [0.05, 0.1) is 17.0 Å². The van der Waals surface area contributed by atoms with Crippen LogP contribution in [0.4, 0.5) is 5.69 Å². The van der Waals surface area contributed by atoms with Gasteiger partial charge < -0.3 is 10.4 Å². The Labute approximate surface area is 186 Å². The van der Waals surface area contributed by atoms with Crippen LogP contribution in [0.2, 0.25) is 0 Å². The van der Waals surface area contributed by atoms with Crippen molar-refractivity contribution in [3.8, 4) is 0 Å². The molecule has 0 saturated heterocycles. The smallest absolute Gasteiger partial charge is 0.255 e. The molecule has 2 aliphatic carbocycles. The molecular weight excluding hydrogens is 384 g/mol. The van der Waals surface area contributed by atoms with Crippen LogP contribution in [0, 0.1) is 12.8 Å². The lowest BCUT2D eigenvalue weighted by atomic mass is 9.56. The summed E-state index contributed by atoms with van der Waals surface area (Å²) in [6.07, 6.45) is 10.9. The highest BCUT2D eigenvalue weighted by molar-refractivity contribution is 6.04. The molecule has 166 valence electrons. The summed E-state index contributed by atoms with van der Waals surface area (Å²) in [6, 6.07) is 10.1. The molecule has 0 aliphatic heterocycles. The van der Waals surface area contributed by atoms with Crippen LogP contribution in [-0.4, -0.2) is 21.6 Å². The van der Waals surface area contributed by atoms with E-state index in [2.05, 4.69) is 36.3 Å². The number of pyridine rings is 1. The van der Waals surface area contributed by atoms with E-state index in [9.17, 15) is 9.90 Å². The maximum atomic E-state index is 13.0. The van der Waals surface area contributed by atoms with E-state index in [0.717, 1.165) is 69.2 Å². The van der Waals surface area contributed by atoms with E-state index in [1.165, 1.54) is 11.1 Å². The second-order valence-corrected chi connectivity index (χ2v) is 9.74. The van der Waals surface area contributed by atoms with Crippen molar-refractivity contribution in [2.24, 2.45) is 5.92 Å². The van der Waals surface area contributed by atoms with E-state index in [0.29, 0.717) is 11.5 Å². The molecule has 1 aromatic carbocycles. The molecular formula is C27H36N2O2. The first kappa shape index (κ1) is 22.0. The summed E-state index contributed by atoms with van der Waals surface area (Å²) in [4.78, 5) is 17.2. The fraction of sp³-hybridized carbons (Fsp3) is 0.556. The lowest BCUT2D eigenvalue weighted by Crippen LogP contribution is -2.47. The van der Waals surface area contributed by atoms with E-state index in [1.54, 1.807) is 6.20 Å². The third kappa shape index (κ3) is 4.15. The van der Waals surface area contributed by atoms with Gasteiger partial charge in [0.2, 0.25) is 0 Å². The molecule has 1 saturated carbocycles. The van der Waals surface area contributed by atoms with E-state index in [1.807, 2.05) is 25.1 Å². The molecule has 1 fully saturated rings. The van der Waals surface area contributed by atoms with Crippen LogP contribution in [0.1, 0.15) is 92.4 Å². The van der Waals surface area contributed by atoms with Crippen molar-refractivity contribution in [2.75, 3.05) is 5.32 Å². The van der Waals surface area contributed by atoms with Crippen LogP contribution >= 0.6 is 0 Å². The maximum Gasteiger partial charge on any atom is 0.255 e. The fourth-order valence-corrected chi connectivity index (χ4v) is 6.27. The number of fused-ring (bicyclic) bond motifs is 3. The van der Waals surface area contributed by atoms with Crippen molar-refractivity contribution in [1.82, 2.24) is 4.98 Å². The van der Waals surface area contributed by atoms with Gasteiger partial charge in [0.15, 0.2) is 0 Å². The number of rotatable bonds is 5. The van der Waals surface area contributed by atoms with Crippen LogP contribution in [0.15, 0.2) is 36.5 Å². The zero-order valence-corrected chi connectivity index (χ0v) is 19.2. The van der Waals surface area contributed by atoms with Gasteiger partial charge in [-0.3, -0.25) is 9.78 Å². The van der Waals surface area contributed by atoms with E-state index >= 15 is 0 Å². The molecule has 1 heterocycles. The molecule has 3 atom stereocenters. The molecule has 1 aromatic heterocycles. The van der Waals surface area contributed by atoms with Gasteiger partial charge in [0.1, 0.15) is 0 Å². The van der Waals surface area contributed by atoms with E-state index in [-0.39, 0.29) is 11.3 Å². The van der Waals surface area contributed by atoms with Crippen molar-refractivity contribution in [3.05, 3.63) is 58.9 Å². The number of carbonyl (C=O) groups is 1. The molecule has 2 N–H and O–H groups in total. The second kappa shape index (κ2) is 8.74. The average Bonchev–Trinajstić information content (AvgIpc) is 2.91. The summed E-state index contributed by atoms with van der Waals surface area (Å²) in [5.74, 6) is 0.438. The highest BCUT2D eigenvalue weighted by Crippen LogP contribution is 2.54. The number of hydrogen-bond acceptors (Lipinski definition) is 3. The molecule has 1 amide bonds. The van der Waals surface area contributed by atoms with Crippen LogP contribution in [0.5, 0.6) is 0 Å². The molecule has 4 nitrogen and oxygen atoms in total. The van der Waals surface area contributed by atoms with Gasteiger partial charge in [0, 0.05) is 11.8 Å². The minimum absolute atomic E-state index is 0.0776. The van der Waals surface area contributed by atoms with Crippen molar-refractivity contribution >= 4 is 11.6 Å². The molecule has 31 heavy (non-hydrogen) atoms. The Bertz CT molecular complexity index is 956. The topological polar surface area (TPSA) is 62.2 Å². The predicted molar refractivity (Wildman–Crippen MR) is 125 cm³/mol. The summed E-state index contributed by atoms with van der Waals surface area (Å²) in [5, 5.41) is 14.2. The van der Waals surface area contributed by atoms with Crippen molar-refractivity contribution in [1.29, 1.82) is 0 Å². The van der Waals surface area contributed by atoms with E-state index in [4.69, 9.17) is 0 Å². The lowest BCUT2D eigenvalue weighted by Gasteiger charge is -2.50. The van der Waals surface area contributed by atoms with Gasteiger partial charge in [-0.05, 0) is 105 Å². The molecule has 2 aliphatic rings. The van der Waals surface area contributed by atoms with Gasteiger partial charge in [-0.2, -0.15) is 0 Å². The lowest BCUT2D eigenvalue weighted by molar-refractivity contribution is -0.0542. The fourth-order valence-electron chi connectivity index (χ4n) is 6.27. The zero-order chi connectivity index (χ0) is 22.1. The second-order valence-electron chi connectivity index (χ2n) is 9.74. The Morgan fingerprint density at radius 1 is 1.26 bits per heavy atom. The summed E-state index contributed by atoms with van der Waals surface area (Å²) in [7, 11) is 0. The van der Waals surface area contributed by atoms with Crippen LogP contribution < -0.4 is 5.32 Å². The molecule has 4 rings (SSSR count). The Morgan fingerprint density at radius 2 is 2.10 bits per heavy atom. The number of aryl methyl sites for hydroxylation is 2. The number of aliphatic hydroxyl groups is 1. The Kier molecular flexibility index (Phi) is 6.20. The largest absolute Gasteiger partial charge is 0.390 e. The Morgan fingerprint density at radius 3 is 2.84 bits per heavy atom. The first-order valence-electron chi connectivity index (χ1n) is 12.0. The normalized spacial score (nSPS) is 27.7. The number of nitrogens with zero attached hydrogens (tertiary/aromatic N) is 1. The average molecular weight is 421 g/mol. The van der Waals surface area contributed by atoms with Gasteiger partial charge in [-0.25, -0.2) is 0 Å². The zero-order valence-electron chi connectivity index (χ0n) is 19.2. The van der Waals surface area contributed by atoms with Gasteiger partial charge in [-0.1, -0.05) is 26.3 Å². The first-order chi connectivity index (χ1) is 14.9. The molecule has 0 spiro atoms. The first-order valence-corrected chi connectivity index (χ1v) is 12.0. The monoisotopic (exact) mass is 420 g/mol. The quantitative estimate of drug-likeness (QED) is 0.627. The summed E-state index contributed by atoms with van der Waals surface area (Å²) in [5.41, 5.74) is 4.66. The summed E-state index contributed by atoms with van der Waals surface area (Å²) < 4.78 is 0. The molecule has 0 bridgehead atoms. The number of amides is 1. The SMILES string of the molecule is CCC[C@@]1(O)CC[C@@]2(CC)c3ccc(C(=O)Nc4cccnc4C)cc3CCC[C@H]2C1. The number of carbonyl (C=O) groups excluding carboxylic acids is 1. The molecule has 0 radical (unpaired) electrons.